The summed E-state index contributed by atoms with van der Waals surface area (Å²) in [5.74, 6) is 0.477. The maximum Gasteiger partial charge on any atom is 0.296 e. The van der Waals surface area contributed by atoms with Gasteiger partial charge >= 0.3 is 0 Å². The summed E-state index contributed by atoms with van der Waals surface area (Å²) >= 11 is 0. The molecule has 1 saturated heterocycles. The van der Waals surface area contributed by atoms with Gasteiger partial charge in [0.15, 0.2) is 5.78 Å². The zero-order valence-corrected chi connectivity index (χ0v) is 18.9. The minimum Gasteiger partial charge on any atom is -0.494 e. The maximum absolute atomic E-state index is 13.0. The smallest absolute Gasteiger partial charge is 0.296 e. The Bertz CT molecular complexity index is 1090. The monoisotopic (exact) mass is 461 g/mol. The topological polar surface area (TPSA) is 119 Å². The van der Waals surface area contributed by atoms with Crippen molar-refractivity contribution in [3.05, 3.63) is 58.1 Å². The third-order valence-electron chi connectivity index (χ3n) is 5.45. The molecule has 2 aromatic carbocycles. The second-order valence-electron chi connectivity index (χ2n) is 7.76. The van der Waals surface area contributed by atoms with Crippen LogP contribution in [-0.2, 0) is 10.0 Å². The Labute approximate surface area is 187 Å². The number of ketones is 1. The van der Waals surface area contributed by atoms with Crippen LogP contribution >= 0.6 is 0 Å². The lowest BCUT2D eigenvalue weighted by Gasteiger charge is -2.29. The van der Waals surface area contributed by atoms with Crippen molar-refractivity contribution in [3.8, 4) is 5.75 Å². The number of anilines is 1. The fourth-order valence-corrected chi connectivity index (χ4v) is 5.07. The van der Waals surface area contributed by atoms with Gasteiger partial charge in [-0.1, -0.05) is 19.1 Å². The third kappa shape index (κ3) is 5.43. The number of benzene rings is 2. The van der Waals surface area contributed by atoms with Crippen molar-refractivity contribution >= 4 is 27.2 Å². The molecule has 1 aliphatic heterocycles. The molecule has 0 radical (unpaired) electrons. The van der Waals surface area contributed by atoms with Gasteiger partial charge in [0.05, 0.1) is 29.0 Å². The van der Waals surface area contributed by atoms with E-state index in [0.717, 1.165) is 12.8 Å². The van der Waals surface area contributed by atoms with Crippen LogP contribution in [-0.4, -0.2) is 49.7 Å². The summed E-state index contributed by atoms with van der Waals surface area (Å²) in [5, 5.41) is 14.2. The first-order valence-electron chi connectivity index (χ1n) is 10.5. The van der Waals surface area contributed by atoms with Crippen LogP contribution in [0.3, 0.4) is 0 Å². The number of nitro benzene ring substituents is 1. The molecule has 10 heteroatoms. The van der Waals surface area contributed by atoms with E-state index in [1.54, 1.807) is 13.0 Å². The van der Waals surface area contributed by atoms with E-state index >= 15 is 0 Å². The summed E-state index contributed by atoms with van der Waals surface area (Å²) in [7, 11) is -3.68. The summed E-state index contributed by atoms with van der Waals surface area (Å²) in [5.41, 5.74) is 0.190. The molecule has 1 fully saturated rings. The van der Waals surface area contributed by atoms with E-state index in [1.165, 1.54) is 40.7 Å². The number of hydrogen-bond acceptors (Lipinski definition) is 7. The van der Waals surface area contributed by atoms with Crippen LogP contribution in [0.2, 0.25) is 0 Å². The van der Waals surface area contributed by atoms with Crippen LogP contribution in [0.5, 0.6) is 5.75 Å². The number of nitrogens with one attached hydrogen (secondary N) is 1. The predicted octanol–water partition coefficient (Wildman–Crippen LogP) is 3.71. The fraction of sp³-hybridized carbons (Fsp3) is 0.409. The van der Waals surface area contributed by atoms with E-state index in [4.69, 9.17) is 4.74 Å². The highest BCUT2D eigenvalue weighted by molar-refractivity contribution is 7.89. The Morgan fingerprint density at radius 3 is 2.59 bits per heavy atom. The average Bonchev–Trinajstić information content (AvgIpc) is 2.78. The molecule has 1 heterocycles. The molecule has 0 saturated carbocycles. The van der Waals surface area contributed by atoms with Crippen molar-refractivity contribution in [3.63, 3.8) is 0 Å². The van der Waals surface area contributed by atoms with Gasteiger partial charge < -0.3 is 10.1 Å². The summed E-state index contributed by atoms with van der Waals surface area (Å²) in [4.78, 5) is 23.6. The number of rotatable bonds is 9. The molecule has 0 atom stereocenters. The lowest BCUT2D eigenvalue weighted by Crippen LogP contribution is -2.37. The van der Waals surface area contributed by atoms with Crippen LogP contribution < -0.4 is 10.1 Å². The summed E-state index contributed by atoms with van der Waals surface area (Å²) in [6.45, 7) is 4.95. The van der Waals surface area contributed by atoms with Gasteiger partial charge in [-0.15, -0.1) is 0 Å². The molecule has 0 amide bonds. The molecule has 9 nitrogen and oxygen atoms in total. The highest BCUT2D eigenvalue weighted by atomic mass is 32.2. The minimum absolute atomic E-state index is 0.0740. The number of nitrogens with zero attached hydrogens (tertiary/aromatic N) is 2. The fourth-order valence-electron chi connectivity index (χ4n) is 3.55. The number of carbonyl (C=O) groups excluding carboxylic acids is 1. The average molecular weight is 462 g/mol. The van der Waals surface area contributed by atoms with E-state index in [1.807, 2.05) is 0 Å². The molecular formula is C22H27N3O6S. The molecule has 0 unspecified atom stereocenters. The molecule has 1 N–H and O–H groups in total. The number of ether oxygens (including phenoxy) is 1. The van der Waals surface area contributed by atoms with E-state index in [0.29, 0.717) is 31.4 Å². The quantitative estimate of drug-likeness (QED) is 0.343. The second-order valence-corrected chi connectivity index (χ2v) is 9.70. The van der Waals surface area contributed by atoms with Crippen molar-refractivity contribution in [2.45, 2.75) is 31.6 Å². The van der Waals surface area contributed by atoms with Gasteiger partial charge in [-0.2, -0.15) is 4.31 Å². The molecule has 0 aromatic heterocycles. The molecule has 0 spiro atoms. The number of nitro groups is 1. The summed E-state index contributed by atoms with van der Waals surface area (Å²) < 4.78 is 32.7. The Morgan fingerprint density at radius 1 is 1.22 bits per heavy atom. The zero-order valence-electron chi connectivity index (χ0n) is 18.1. The summed E-state index contributed by atoms with van der Waals surface area (Å²) in [6.07, 6.45) is 1.62. The molecule has 32 heavy (non-hydrogen) atoms. The normalized spacial score (nSPS) is 15.3. The largest absolute Gasteiger partial charge is 0.494 e. The standard InChI is InChI=1S/C22H27N3O6S/c1-3-31-18-7-8-20(21(14-18)25(27)28)23-15-22(26)17-5-4-6-19(13-17)32(29,30)24-11-9-16(2)10-12-24/h4-8,13-14,16,23H,3,9-12,15H2,1-2H3. The Balaban J connectivity index is 1.74. The molecule has 2 aromatic rings. The van der Waals surface area contributed by atoms with Crippen LogP contribution in [0, 0.1) is 16.0 Å². The van der Waals surface area contributed by atoms with Crippen molar-refractivity contribution in [1.29, 1.82) is 0 Å². The van der Waals surface area contributed by atoms with E-state index < -0.39 is 14.9 Å². The minimum atomic E-state index is -3.68. The van der Waals surface area contributed by atoms with Gasteiger partial charge in [-0.3, -0.25) is 14.9 Å². The van der Waals surface area contributed by atoms with Crippen molar-refractivity contribution in [1.82, 2.24) is 4.31 Å². The Hall–Kier alpha value is -2.98. The van der Waals surface area contributed by atoms with E-state index in [9.17, 15) is 23.3 Å². The van der Waals surface area contributed by atoms with Gasteiger partial charge in [0.2, 0.25) is 10.0 Å². The van der Waals surface area contributed by atoms with Gasteiger partial charge in [-0.25, -0.2) is 8.42 Å². The summed E-state index contributed by atoms with van der Waals surface area (Å²) in [6, 6.07) is 10.3. The van der Waals surface area contributed by atoms with Gasteiger partial charge in [-0.05, 0) is 49.9 Å². The lowest BCUT2D eigenvalue weighted by molar-refractivity contribution is -0.384. The van der Waals surface area contributed by atoms with Crippen molar-refractivity contribution in [2.24, 2.45) is 5.92 Å². The van der Waals surface area contributed by atoms with Crippen LogP contribution in [0.4, 0.5) is 11.4 Å². The molecule has 172 valence electrons. The van der Waals surface area contributed by atoms with E-state index in [2.05, 4.69) is 12.2 Å². The molecular weight excluding hydrogens is 434 g/mol. The molecule has 0 bridgehead atoms. The SMILES string of the molecule is CCOc1ccc(NCC(=O)c2cccc(S(=O)(=O)N3CCC(C)CC3)c2)c([N+](=O)[O-])c1. The Kier molecular flexibility index (Phi) is 7.47. The molecule has 1 aliphatic rings. The predicted molar refractivity (Wildman–Crippen MR) is 121 cm³/mol. The number of hydrogen-bond donors (Lipinski definition) is 1. The first kappa shape index (κ1) is 23.7. The number of piperidine rings is 1. The van der Waals surface area contributed by atoms with Crippen LogP contribution in [0.25, 0.3) is 0 Å². The number of Topliss-reactive ketones (excluding diaryl/α,β-unsaturated/α-hetero) is 1. The zero-order chi connectivity index (χ0) is 23.3. The van der Waals surface area contributed by atoms with Gasteiger partial charge in [0.25, 0.3) is 5.69 Å². The number of sulfonamides is 1. The Morgan fingerprint density at radius 2 is 1.94 bits per heavy atom. The lowest BCUT2D eigenvalue weighted by atomic mass is 10.0. The highest BCUT2D eigenvalue weighted by Gasteiger charge is 2.28. The highest BCUT2D eigenvalue weighted by Crippen LogP contribution is 2.29. The van der Waals surface area contributed by atoms with Crippen LogP contribution in [0.15, 0.2) is 47.4 Å². The first-order valence-corrected chi connectivity index (χ1v) is 11.9. The second kappa shape index (κ2) is 10.1. The van der Waals surface area contributed by atoms with Crippen molar-refractivity contribution in [2.75, 3.05) is 31.6 Å². The van der Waals surface area contributed by atoms with Crippen LogP contribution in [0.1, 0.15) is 37.0 Å². The number of carbonyl (C=O) groups is 1. The van der Waals surface area contributed by atoms with Crippen molar-refractivity contribution < 1.29 is 22.9 Å². The maximum atomic E-state index is 13.0. The third-order valence-corrected chi connectivity index (χ3v) is 7.35. The van der Waals surface area contributed by atoms with E-state index in [-0.39, 0.29) is 34.2 Å². The van der Waals surface area contributed by atoms with Gasteiger partial charge in [0, 0.05) is 18.7 Å². The molecule has 3 rings (SSSR count). The first-order chi connectivity index (χ1) is 15.2. The van der Waals surface area contributed by atoms with Gasteiger partial charge in [0.1, 0.15) is 11.4 Å². The molecule has 0 aliphatic carbocycles.